The Labute approximate surface area is 169 Å². The van der Waals surface area contributed by atoms with Crippen LogP contribution in [0.3, 0.4) is 0 Å². The van der Waals surface area contributed by atoms with Crippen LogP contribution in [0, 0.1) is 5.82 Å². The Morgan fingerprint density at radius 2 is 1.76 bits per heavy atom. The molecule has 29 heavy (non-hydrogen) atoms. The van der Waals surface area contributed by atoms with Crippen LogP contribution in [-0.2, 0) is 6.42 Å². The Morgan fingerprint density at radius 3 is 2.41 bits per heavy atom. The van der Waals surface area contributed by atoms with E-state index in [1.54, 1.807) is 18.2 Å². The van der Waals surface area contributed by atoms with Crippen molar-refractivity contribution in [3.63, 3.8) is 0 Å². The van der Waals surface area contributed by atoms with Crippen molar-refractivity contribution in [3.05, 3.63) is 96.4 Å². The Bertz CT molecular complexity index is 1340. The molecule has 0 radical (unpaired) electrons. The molecule has 0 aliphatic carbocycles. The molecule has 0 N–H and O–H groups in total. The third kappa shape index (κ3) is 3.93. The Hall–Kier alpha value is -3.39. The predicted molar refractivity (Wildman–Crippen MR) is 112 cm³/mol. The molecule has 2 aromatic carbocycles. The van der Waals surface area contributed by atoms with E-state index in [2.05, 4.69) is 10.1 Å². The van der Waals surface area contributed by atoms with Gasteiger partial charge in [0.1, 0.15) is 11.5 Å². The molecule has 0 saturated heterocycles. The smallest absolute Gasteiger partial charge is 0.296 e. The molecule has 8 heteroatoms. The van der Waals surface area contributed by atoms with E-state index in [0.717, 1.165) is 27.1 Å². The van der Waals surface area contributed by atoms with E-state index in [1.807, 2.05) is 43.3 Å². The van der Waals surface area contributed by atoms with Crippen molar-refractivity contribution < 1.29 is 4.39 Å². The van der Waals surface area contributed by atoms with Crippen LogP contribution in [0.1, 0.15) is 16.8 Å². The first kappa shape index (κ1) is 18.9. The van der Waals surface area contributed by atoms with E-state index >= 15 is 0 Å². The highest BCUT2D eigenvalue weighted by Gasteiger charge is 2.12. The molecule has 6 nitrogen and oxygen atoms in total. The summed E-state index contributed by atoms with van der Waals surface area (Å²) < 4.78 is 14.7. The van der Waals surface area contributed by atoms with Crippen molar-refractivity contribution in [3.8, 4) is 0 Å². The van der Waals surface area contributed by atoms with Gasteiger partial charge in [0.2, 0.25) is 4.96 Å². The van der Waals surface area contributed by atoms with Crippen LogP contribution in [0.25, 0.3) is 11.0 Å². The number of hydrogen-bond donors (Lipinski definition) is 0. The molecule has 0 fully saturated rings. The van der Waals surface area contributed by atoms with E-state index in [-0.39, 0.29) is 28.5 Å². The van der Waals surface area contributed by atoms with Gasteiger partial charge in [-0.25, -0.2) is 4.39 Å². The van der Waals surface area contributed by atoms with Crippen molar-refractivity contribution in [2.45, 2.75) is 6.42 Å². The minimum absolute atomic E-state index is 0.144. The summed E-state index contributed by atoms with van der Waals surface area (Å²) in [4.78, 5) is 31.3. The van der Waals surface area contributed by atoms with Crippen molar-refractivity contribution in [2.75, 3.05) is 19.0 Å². The number of halogens is 1. The molecular weight excluding hydrogens is 391 g/mol. The maximum atomic E-state index is 13.1. The molecule has 4 aromatic rings. The van der Waals surface area contributed by atoms with Crippen molar-refractivity contribution in [1.82, 2.24) is 14.6 Å². The van der Waals surface area contributed by atoms with Gasteiger partial charge in [0, 0.05) is 26.2 Å². The molecule has 0 aliphatic rings. The number of rotatable bonds is 4. The fourth-order valence-corrected chi connectivity index (χ4v) is 3.77. The largest absolute Gasteiger partial charge is 0.378 e. The highest BCUT2D eigenvalue weighted by molar-refractivity contribution is 7.15. The highest BCUT2D eigenvalue weighted by Crippen LogP contribution is 2.13. The van der Waals surface area contributed by atoms with Crippen LogP contribution in [0.15, 0.2) is 58.1 Å². The monoisotopic (exact) mass is 408 g/mol. The first-order valence-electron chi connectivity index (χ1n) is 8.87. The number of aromatic nitrogens is 3. The third-order valence-corrected chi connectivity index (χ3v) is 5.40. The Kier molecular flexibility index (Phi) is 4.94. The van der Waals surface area contributed by atoms with Gasteiger partial charge >= 0.3 is 0 Å². The zero-order valence-electron chi connectivity index (χ0n) is 15.8. The second kappa shape index (κ2) is 7.56. The summed E-state index contributed by atoms with van der Waals surface area (Å²) in [5.74, 6) is -0.356. The number of benzene rings is 2. The minimum Gasteiger partial charge on any atom is -0.378 e. The Balaban J connectivity index is 1.74. The average molecular weight is 408 g/mol. The van der Waals surface area contributed by atoms with Crippen LogP contribution in [0.2, 0.25) is 0 Å². The summed E-state index contributed by atoms with van der Waals surface area (Å²) in [5.41, 5.74) is 1.97. The summed E-state index contributed by atoms with van der Waals surface area (Å²) >= 11 is 1.12. The van der Waals surface area contributed by atoms with Gasteiger partial charge in [-0.05, 0) is 41.5 Å². The minimum atomic E-state index is -0.488. The lowest BCUT2D eigenvalue weighted by atomic mass is 10.1. The van der Waals surface area contributed by atoms with Gasteiger partial charge in [-0.1, -0.05) is 35.6 Å². The molecule has 0 amide bonds. The molecule has 146 valence electrons. The molecule has 4 rings (SSSR count). The van der Waals surface area contributed by atoms with Crippen LogP contribution in [0.4, 0.5) is 10.1 Å². The molecule has 0 unspecified atom stereocenters. The quantitative estimate of drug-likeness (QED) is 0.516. The fourth-order valence-electron chi connectivity index (χ4n) is 2.87. The molecule has 0 atom stereocenters. The van der Waals surface area contributed by atoms with Gasteiger partial charge in [0.05, 0.1) is 4.53 Å². The standard InChI is InChI=1S/C21H17FN4O2S/c1-25(2)16-9-5-14(6-10-16)12-18-20(28)26-21(29-18)23-19(27)17(24-26)11-13-3-7-15(22)8-4-13/h3-10,12H,11H2,1-2H3. The summed E-state index contributed by atoms with van der Waals surface area (Å²) in [6.07, 6.45) is 1.93. The first-order chi connectivity index (χ1) is 13.9. The zero-order chi connectivity index (χ0) is 20.5. The van der Waals surface area contributed by atoms with Crippen LogP contribution >= 0.6 is 11.3 Å². The van der Waals surface area contributed by atoms with Crippen molar-refractivity contribution in [1.29, 1.82) is 0 Å². The van der Waals surface area contributed by atoms with Gasteiger partial charge in [-0.15, -0.1) is 0 Å². The van der Waals surface area contributed by atoms with Gasteiger partial charge in [-0.2, -0.15) is 14.6 Å². The number of nitrogens with zero attached hydrogens (tertiary/aromatic N) is 4. The molecule has 2 heterocycles. The SMILES string of the molecule is CN(C)c1ccc(C=c2sc3nc(=O)c(Cc4ccc(F)cc4)nn3c2=O)cc1. The lowest BCUT2D eigenvalue weighted by molar-refractivity contribution is 0.627. The van der Waals surface area contributed by atoms with Crippen molar-refractivity contribution in [2.24, 2.45) is 0 Å². The lowest BCUT2D eigenvalue weighted by Crippen LogP contribution is -2.28. The van der Waals surface area contributed by atoms with Crippen LogP contribution < -0.4 is 20.6 Å². The zero-order valence-corrected chi connectivity index (χ0v) is 16.6. The topological polar surface area (TPSA) is 67.6 Å². The van der Waals surface area contributed by atoms with Gasteiger partial charge in [-0.3, -0.25) is 9.59 Å². The van der Waals surface area contributed by atoms with Crippen molar-refractivity contribution >= 4 is 28.1 Å². The summed E-state index contributed by atoms with van der Waals surface area (Å²) in [7, 11) is 3.91. The maximum Gasteiger partial charge on any atom is 0.296 e. The van der Waals surface area contributed by atoms with E-state index in [0.29, 0.717) is 10.1 Å². The highest BCUT2D eigenvalue weighted by atomic mass is 32.1. The molecule has 0 bridgehead atoms. The number of fused-ring (bicyclic) bond motifs is 1. The van der Waals surface area contributed by atoms with E-state index in [9.17, 15) is 14.0 Å². The first-order valence-corrected chi connectivity index (χ1v) is 9.69. The summed E-state index contributed by atoms with van der Waals surface area (Å²) in [6, 6.07) is 13.6. The molecule has 2 aromatic heterocycles. The van der Waals surface area contributed by atoms with Gasteiger partial charge in [0.25, 0.3) is 11.1 Å². The van der Waals surface area contributed by atoms with Crippen LogP contribution in [-0.4, -0.2) is 28.7 Å². The van der Waals surface area contributed by atoms with E-state index < -0.39 is 5.56 Å². The van der Waals surface area contributed by atoms with E-state index in [1.165, 1.54) is 12.1 Å². The second-order valence-corrected chi connectivity index (χ2v) is 7.77. The Morgan fingerprint density at radius 1 is 1.07 bits per heavy atom. The molecule has 0 saturated carbocycles. The fraction of sp³-hybridized carbons (Fsp3) is 0.143. The molecule has 0 spiro atoms. The van der Waals surface area contributed by atoms with E-state index in [4.69, 9.17) is 0 Å². The summed E-state index contributed by atoms with van der Waals surface area (Å²) in [6.45, 7) is 0. The van der Waals surface area contributed by atoms with Gasteiger partial charge < -0.3 is 4.90 Å². The average Bonchev–Trinajstić information content (AvgIpc) is 2.99. The number of hydrogen-bond acceptors (Lipinski definition) is 6. The number of thiazole rings is 1. The number of anilines is 1. The maximum absolute atomic E-state index is 13.1. The molecule has 0 aliphatic heterocycles. The summed E-state index contributed by atoms with van der Waals surface area (Å²) in [5, 5.41) is 4.21. The predicted octanol–water partition coefficient (Wildman–Crippen LogP) is 1.85. The van der Waals surface area contributed by atoms with Gasteiger partial charge in [0.15, 0.2) is 0 Å². The normalized spacial score (nSPS) is 11.9. The molecular formula is C21H17FN4O2S. The van der Waals surface area contributed by atoms with Crippen LogP contribution in [0.5, 0.6) is 0 Å². The third-order valence-electron chi connectivity index (χ3n) is 4.44. The second-order valence-electron chi connectivity index (χ2n) is 6.76. The lowest BCUT2D eigenvalue weighted by Gasteiger charge is -2.11.